The highest BCUT2D eigenvalue weighted by Gasteiger charge is 2.52. The quantitative estimate of drug-likeness (QED) is 0.824. The fraction of sp³-hybridized carbons (Fsp3) is 0.389. The second-order valence-corrected chi connectivity index (χ2v) is 8.26. The SMILES string of the molecule is CC1(C)OB(c2ccc(C(=O)NCc3cccc(O)c3)s2)OC1(C)C. The van der Waals surface area contributed by atoms with E-state index in [1.54, 1.807) is 24.3 Å². The number of hydrogen-bond acceptors (Lipinski definition) is 5. The van der Waals surface area contributed by atoms with E-state index < -0.39 is 18.3 Å². The minimum atomic E-state index is -0.456. The molecule has 0 atom stereocenters. The van der Waals surface area contributed by atoms with E-state index in [1.165, 1.54) is 11.3 Å². The molecule has 1 aromatic heterocycles. The molecule has 0 spiro atoms. The van der Waals surface area contributed by atoms with Gasteiger partial charge in [0.2, 0.25) is 0 Å². The van der Waals surface area contributed by atoms with Crippen molar-refractivity contribution in [2.75, 3.05) is 0 Å². The van der Waals surface area contributed by atoms with E-state index in [9.17, 15) is 9.90 Å². The smallest absolute Gasteiger partial charge is 0.505 e. The molecule has 0 unspecified atom stereocenters. The van der Waals surface area contributed by atoms with Crippen LogP contribution in [0.4, 0.5) is 0 Å². The van der Waals surface area contributed by atoms with E-state index in [2.05, 4.69) is 5.32 Å². The van der Waals surface area contributed by atoms with Crippen molar-refractivity contribution in [1.29, 1.82) is 0 Å². The highest BCUT2D eigenvalue weighted by molar-refractivity contribution is 7.23. The minimum absolute atomic E-state index is 0.156. The molecule has 7 heteroatoms. The number of rotatable bonds is 4. The Morgan fingerprint density at radius 2 is 1.84 bits per heavy atom. The molecule has 1 aliphatic heterocycles. The van der Waals surface area contributed by atoms with Gasteiger partial charge in [-0.2, -0.15) is 0 Å². The number of nitrogens with one attached hydrogen (secondary N) is 1. The van der Waals surface area contributed by atoms with Gasteiger partial charge in [-0.15, -0.1) is 11.3 Å². The zero-order valence-corrected chi connectivity index (χ0v) is 15.6. The van der Waals surface area contributed by atoms with Gasteiger partial charge in [0.05, 0.1) is 16.1 Å². The number of carbonyl (C=O) groups is 1. The first-order valence-electron chi connectivity index (χ1n) is 8.19. The standard InChI is InChI=1S/C18H22BNO4S/c1-17(2)18(3,4)24-19(23-17)15-9-8-14(25-15)16(22)20-11-12-6-5-7-13(21)10-12/h5-10,21H,11H2,1-4H3,(H,20,22). The summed E-state index contributed by atoms with van der Waals surface area (Å²) in [6.07, 6.45) is 0. The Hall–Kier alpha value is -1.83. The molecule has 1 saturated heterocycles. The van der Waals surface area contributed by atoms with Crippen LogP contribution in [-0.4, -0.2) is 29.3 Å². The first-order chi connectivity index (χ1) is 11.7. The molecule has 0 aliphatic carbocycles. The maximum absolute atomic E-state index is 12.3. The fourth-order valence-electron chi connectivity index (χ4n) is 2.50. The lowest BCUT2D eigenvalue weighted by Gasteiger charge is -2.32. The molecule has 5 nitrogen and oxygen atoms in total. The van der Waals surface area contributed by atoms with Crippen molar-refractivity contribution in [3.8, 4) is 5.75 Å². The van der Waals surface area contributed by atoms with Crippen LogP contribution in [-0.2, 0) is 15.9 Å². The normalized spacial score (nSPS) is 18.3. The summed E-state index contributed by atoms with van der Waals surface area (Å²) in [5.74, 6) is 0.0297. The molecule has 25 heavy (non-hydrogen) atoms. The van der Waals surface area contributed by atoms with Gasteiger partial charge in [-0.3, -0.25) is 4.79 Å². The van der Waals surface area contributed by atoms with E-state index in [0.29, 0.717) is 11.4 Å². The van der Waals surface area contributed by atoms with Crippen molar-refractivity contribution < 1.29 is 19.2 Å². The average Bonchev–Trinajstić information content (AvgIpc) is 3.08. The van der Waals surface area contributed by atoms with Crippen LogP contribution in [0.2, 0.25) is 0 Å². The molecule has 1 aliphatic rings. The number of benzene rings is 1. The summed E-state index contributed by atoms with van der Waals surface area (Å²) >= 11 is 1.37. The Balaban J connectivity index is 1.64. The summed E-state index contributed by atoms with van der Waals surface area (Å²) < 4.78 is 12.9. The van der Waals surface area contributed by atoms with E-state index >= 15 is 0 Å². The van der Waals surface area contributed by atoms with Crippen LogP contribution >= 0.6 is 11.3 Å². The molecule has 1 aromatic carbocycles. The van der Waals surface area contributed by atoms with Gasteiger partial charge in [-0.25, -0.2) is 0 Å². The van der Waals surface area contributed by atoms with Crippen molar-refractivity contribution in [2.24, 2.45) is 0 Å². The predicted molar refractivity (Wildman–Crippen MR) is 99.3 cm³/mol. The van der Waals surface area contributed by atoms with Gasteiger partial charge < -0.3 is 19.7 Å². The third-order valence-corrected chi connectivity index (χ3v) is 5.81. The second-order valence-electron chi connectivity index (χ2n) is 7.14. The topological polar surface area (TPSA) is 67.8 Å². The van der Waals surface area contributed by atoms with Gasteiger partial charge >= 0.3 is 7.12 Å². The third kappa shape index (κ3) is 3.73. The highest BCUT2D eigenvalue weighted by atomic mass is 32.1. The monoisotopic (exact) mass is 359 g/mol. The molecular formula is C18H22BNO4S. The number of phenolic OH excluding ortho intramolecular Hbond substituents is 1. The van der Waals surface area contributed by atoms with Crippen molar-refractivity contribution in [1.82, 2.24) is 5.32 Å². The zero-order valence-electron chi connectivity index (χ0n) is 14.8. The molecule has 0 radical (unpaired) electrons. The van der Waals surface area contributed by atoms with Gasteiger partial charge in [0, 0.05) is 11.3 Å². The molecule has 2 aromatic rings. The van der Waals surface area contributed by atoms with Gasteiger partial charge in [0.25, 0.3) is 5.91 Å². The maximum atomic E-state index is 12.3. The van der Waals surface area contributed by atoms with Crippen molar-refractivity contribution in [2.45, 2.75) is 45.4 Å². The Labute approximate surface area is 152 Å². The number of amides is 1. The summed E-state index contributed by atoms with van der Waals surface area (Å²) in [4.78, 5) is 12.9. The molecule has 2 heterocycles. The maximum Gasteiger partial charge on any atom is 0.505 e. The zero-order chi connectivity index (χ0) is 18.2. The van der Waals surface area contributed by atoms with E-state index in [0.717, 1.165) is 10.3 Å². The first kappa shape index (κ1) is 18.0. The summed E-state index contributed by atoms with van der Waals surface area (Å²) in [5, 5.41) is 12.3. The lowest BCUT2D eigenvalue weighted by Crippen LogP contribution is -2.41. The Morgan fingerprint density at radius 3 is 2.48 bits per heavy atom. The summed E-state index contributed by atoms with van der Waals surface area (Å²) in [6, 6.07) is 10.5. The number of carbonyl (C=O) groups excluding carboxylic acids is 1. The number of phenols is 1. The largest absolute Gasteiger partial charge is 0.508 e. The molecule has 0 bridgehead atoms. The van der Waals surface area contributed by atoms with Crippen molar-refractivity contribution in [3.05, 3.63) is 46.8 Å². The molecule has 132 valence electrons. The van der Waals surface area contributed by atoms with Crippen LogP contribution in [0.25, 0.3) is 0 Å². The van der Waals surface area contributed by atoms with Gasteiger partial charge in [0.15, 0.2) is 0 Å². The Morgan fingerprint density at radius 1 is 1.16 bits per heavy atom. The molecule has 1 fully saturated rings. The fourth-order valence-corrected chi connectivity index (χ4v) is 3.38. The molecule has 0 saturated carbocycles. The number of hydrogen-bond donors (Lipinski definition) is 2. The van der Waals surface area contributed by atoms with Crippen LogP contribution in [0, 0.1) is 0 Å². The van der Waals surface area contributed by atoms with Gasteiger partial charge in [0.1, 0.15) is 5.75 Å². The van der Waals surface area contributed by atoms with E-state index in [4.69, 9.17) is 9.31 Å². The van der Waals surface area contributed by atoms with E-state index in [-0.39, 0.29) is 11.7 Å². The Kier molecular flexibility index (Phi) is 4.66. The van der Waals surface area contributed by atoms with Crippen LogP contribution < -0.4 is 10.1 Å². The van der Waals surface area contributed by atoms with E-state index in [1.807, 2.05) is 39.8 Å². The predicted octanol–water partition coefficient (Wildman–Crippen LogP) is 2.68. The molecule has 1 amide bonds. The average molecular weight is 359 g/mol. The van der Waals surface area contributed by atoms with Gasteiger partial charge in [-0.1, -0.05) is 18.2 Å². The summed E-state index contributed by atoms with van der Waals surface area (Å²) in [6.45, 7) is 8.37. The van der Waals surface area contributed by atoms with Gasteiger partial charge in [-0.05, 0) is 51.5 Å². The molecular weight excluding hydrogens is 337 g/mol. The number of thiophene rings is 1. The third-order valence-electron chi connectivity index (χ3n) is 4.70. The van der Waals surface area contributed by atoms with Crippen LogP contribution in [0.1, 0.15) is 42.9 Å². The second kappa shape index (κ2) is 6.48. The lowest BCUT2D eigenvalue weighted by atomic mass is 9.88. The first-order valence-corrected chi connectivity index (χ1v) is 9.01. The van der Waals surface area contributed by atoms with Crippen LogP contribution in [0.15, 0.2) is 36.4 Å². The lowest BCUT2D eigenvalue weighted by molar-refractivity contribution is 0.00578. The van der Waals surface area contributed by atoms with Crippen LogP contribution in [0.3, 0.4) is 0 Å². The highest BCUT2D eigenvalue weighted by Crippen LogP contribution is 2.36. The summed E-state index contributed by atoms with van der Waals surface area (Å²) in [7, 11) is -0.456. The van der Waals surface area contributed by atoms with Crippen molar-refractivity contribution >= 4 is 29.1 Å². The molecule has 2 N–H and O–H groups in total. The minimum Gasteiger partial charge on any atom is -0.508 e. The van der Waals surface area contributed by atoms with Crippen LogP contribution in [0.5, 0.6) is 5.75 Å². The van der Waals surface area contributed by atoms with Crippen molar-refractivity contribution in [3.63, 3.8) is 0 Å². The molecule has 3 rings (SSSR count). The summed E-state index contributed by atoms with van der Waals surface area (Å²) in [5.41, 5.74) is 0.0368. The number of aromatic hydroxyl groups is 1. The Bertz CT molecular complexity index is 771.